The van der Waals surface area contributed by atoms with Gasteiger partial charge in [0.25, 0.3) is 0 Å². The van der Waals surface area contributed by atoms with E-state index < -0.39 is 35.3 Å². The predicted octanol–water partition coefficient (Wildman–Crippen LogP) is 4.36. The molecule has 0 radical (unpaired) electrons. The van der Waals surface area contributed by atoms with Crippen LogP contribution in [0.15, 0.2) is 23.0 Å². The lowest BCUT2D eigenvalue weighted by atomic mass is 10.0. The summed E-state index contributed by atoms with van der Waals surface area (Å²) < 4.78 is 72.6. The molecule has 4 nitrogen and oxygen atoms in total. The Morgan fingerprint density at radius 1 is 1.31 bits per heavy atom. The first-order valence-corrected chi connectivity index (χ1v) is 8.12. The van der Waals surface area contributed by atoms with E-state index >= 15 is 0 Å². The van der Waals surface area contributed by atoms with Gasteiger partial charge >= 0.3 is 11.6 Å². The van der Waals surface area contributed by atoms with E-state index in [1.807, 2.05) is 0 Å². The highest BCUT2D eigenvalue weighted by molar-refractivity contribution is 6.22. The maximum atomic E-state index is 13.4. The Morgan fingerprint density at radius 3 is 2.58 bits per heavy atom. The van der Waals surface area contributed by atoms with E-state index in [1.54, 1.807) is 6.92 Å². The average molecular weight is 397 g/mol. The molecule has 3 rings (SSSR count). The number of halogens is 6. The van der Waals surface area contributed by atoms with Gasteiger partial charge in [-0.2, -0.15) is 22.0 Å². The first-order valence-electron chi connectivity index (χ1n) is 7.74. The first kappa shape index (κ1) is 18.8. The zero-order valence-electron chi connectivity index (χ0n) is 13.5. The first-order chi connectivity index (χ1) is 12.0. The van der Waals surface area contributed by atoms with Crippen molar-refractivity contribution in [2.75, 3.05) is 18.1 Å². The standard InChI is InChI=1S/C16H14ClF5N2O2/c1-2-8-6-26-14-11(24(8)7-15(17,18)19)4-3-10-13(14)9(16(20,21)22)5-12(25)23-10/h3-5,8H,2,6-7H2,1H3,(H,23,25)/t8-/m1/s1. The van der Waals surface area contributed by atoms with E-state index in [9.17, 15) is 26.7 Å². The Kier molecular flexibility index (Phi) is 4.54. The van der Waals surface area contributed by atoms with Crippen LogP contribution in [0, 0.1) is 0 Å². The van der Waals surface area contributed by atoms with Crippen LogP contribution < -0.4 is 15.2 Å². The Bertz CT molecular complexity index is 891. The van der Waals surface area contributed by atoms with Gasteiger partial charge < -0.3 is 14.6 Å². The van der Waals surface area contributed by atoms with Gasteiger partial charge in [0.15, 0.2) is 5.75 Å². The number of fused-ring (bicyclic) bond motifs is 3. The number of nitrogens with one attached hydrogen (secondary N) is 1. The topological polar surface area (TPSA) is 45.3 Å². The summed E-state index contributed by atoms with van der Waals surface area (Å²) in [6, 6.07) is 2.55. The van der Waals surface area contributed by atoms with Crippen LogP contribution in [0.3, 0.4) is 0 Å². The molecule has 0 saturated carbocycles. The fourth-order valence-electron chi connectivity index (χ4n) is 3.12. The summed E-state index contributed by atoms with van der Waals surface area (Å²) >= 11 is 5.05. The monoisotopic (exact) mass is 396 g/mol. The molecule has 0 amide bonds. The summed E-state index contributed by atoms with van der Waals surface area (Å²) in [5, 5.41) is -3.93. The molecule has 0 saturated heterocycles. The van der Waals surface area contributed by atoms with E-state index in [0.717, 1.165) is 0 Å². The summed E-state index contributed by atoms with van der Waals surface area (Å²) in [4.78, 5) is 15.1. The van der Waals surface area contributed by atoms with Gasteiger partial charge in [-0.3, -0.25) is 4.79 Å². The van der Waals surface area contributed by atoms with Crippen LogP contribution in [0.4, 0.5) is 27.6 Å². The largest absolute Gasteiger partial charge is 0.489 e. The highest BCUT2D eigenvalue weighted by Crippen LogP contribution is 2.45. The van der Waals surface area contributed by atoms with E-state index in [-0.39, 0.29) is 28.9 Å². The molecule has 1 aromatic carbocycles. The van der Waals surface area contributed by atoms with Crippen LogP contribution >= 0.6 is 11.6 Å². The van der Waals surface area contributed by atoms with Crippen molar-refractivity contribution in [1.29, 1.82) is 0 Å². The molecule has 1 aliphatic rings. The van der Waals surface area contributed by atoms with Crippen LogP contribution in [0.2, 0.25) is 0 Å². The summed E-state index contributed by atoms with van der Waals surface area (Å²) in [5.41, 5.74) is -2.11. The summed E-state index contributed by atoms with van der Waals surface area (Å²) in [7, 11) is 0. The fourth-order valence-corrected chi connectivity index (χ4v) is 3.25. The molecule has 0 unspecified atom stereocenters. The molecule has 0 fully saturated rings. The van der Waals surface area contributed by atoms with E-state index in [4.69, 9.17) is 16.3 Å². The minimum atomic E-state index is -4.81. The Labute approximate surface area is 149 Å². The highest BCUT2D eigenvalue weighted by atomic mass is 35.5. The van der Waals surface area contributed by atoms with Crippen LogP contribution in [-0.2, 0) is 6.18 Å². The number of anilines is 1. The van der Waals surface area contributed by atoms with E-state index in [0.29, 0.717) is 12.5 Å². The molecular formula is C16H14ClF5N2O2. The third kappa shape index (κ3) is 3.44. The number of pyridine rings is 1. The van der Waals surface area contributed by atoms with Gasteiger partial charge in [-0.1, -0.05) is 6.92 Å². The van der Waals surface area contributed by atoms with Gasteiger partial charge in [-0.25, -0.2) is 0 Å². The molecule has 1 aromatic heterocycles. The number of nitrogens with zero attached hydrogens (tertiary/aromatic N) is 1. The van der Waals surface area contributed by atoms with Gasteiger partial charge in [-0.15, -0.1) is 0 Å². The van der Waals surface area contributed by atoms with Gasteiger partial charge in [0.2, 0.25) is 5.56 Å². The second-order valence-electron chi connectivity index (χ2n) is 6.00. The van der Waals surface area contributed by atoms with Crippen LogP contribution in [0.25, 0.3) is 10.9 Å². The molecular weight excluding hydrogens is 383 g/mol. The number of hydrogen-bond acceptors (Lipinski definition) is 3. The van der Waals surface area contributed by atoms with E-state index in [2.05, 4.69) is 4.98 Å². The number of H-pyrrole nitrogens is 1. The summed E-state index contributed by atoms with van der Waals surface area (Å²) in [6.07, 6.45) is -4.38. The van der Waals surface area contributed by atoms with Crippen molar-refractivity contribution in [1.82, 2.24) is 4.98 Å². The smallest absolute Gasteiger partial charge is 0.417 e. The van der Waals surface area contributed by atoms with Crippen LogP contribution in [0.5, 0.6) is 5.75 Å². The highest BCUT2D eigenvalue weighted by Gasteiger charge is 2.39. The second kappa shape index (κ2) is 6.29. The molecule has 142 valence electrons. The predicted molar refractivity (Wildman–Crippen MR) is 87.3 cm³/mol. The lowest BCUT2D eigenvalue weighted by molar-refractivity contribution is -0.136. The van der Waals surface area contributed by atoms with Gasteiger partial charge in [0, 0.05) is 6.07 Å². The van der Waals surface area contributed by atoms with Gasteiger partial charge in [0.05, 0.1) is 34.7 Å². The minimum absolute atomic E-state index is 0.0773. The van der Waals surface area contributed by atoms with Gasteiger partial charge in [-0.05, 0) is 30.2 Å². The molecule has 0 spiro atoms. The van der Waals surface area contributed by atoms with Crippen molar-refractivity contribution in [2.24, 2.45) is 0 Å². The fraction of sp³-hybridized carbons (Fsp3) is 0.438. The van der Waals surface area contributed by atoms with Gasteiger partial charge in [0.1, 0.15) is 6.61 Å². The third-order valence-electron chi connectivity index (χ3n) is 4.24. The third-order valence-corrected chi connectivity index (χ3v) is 4.36. The number of aromatic amines is 1. The van der Waals surface area contributed by atoms with Crippen molar-refractivity contribution in [3.8, 4) is 5.75 Å². The molecule has 1 aliphatic heterocycles. The Balaban J connectivity index is 2.28. The molecule has 1 N–H and O–H groups in total. The van der Waals surface area contributed by atoms with Crippen molar-refractivity contribution in [3.63, 3.8) is 0 Å². The molecule has 1 atom stereocenters. The number of ether oxygens (including phenoxy) is 1. The molecule has 2 aromatic rings. The lowest BCUT2D eigenvalue weighted by Gasteiger charge is -2.39. The number of benzene rings is 1. The summed E-state index contributed by atoms with van der Waals surface area (Å²) in [6.45, 7) is 0.795. The van der Waals surface area contributed by atoms with Crippen molar-refractivity contribution in [2.45, 2.75) is 30.9 Å². The number of aromatic nitrogens is 1. The van der Waals surface area contributed by atoms with Crippen molar-refractivity contribution < 1.29 is 26.7 Å². The minimum Gasteiger partial charge on any atom is -0.489 e. The summed E-state index contributed by atoms with van der Waals surface area (Å²) in [5.74, 6) is -0.198. The van der Waals surface area contributed by atoms with Crippen molar-refractivity contribution >= 4 is 28.2 Å². The van der Waals surface area contributed by atoms with Crippen LogP contribution in [0.1, 0.15) is 18.9 Å². The average Bonchev–Trinajstić information content (AvgIpc) is 2.51. The Hall–Kier alpha value is -2.03. The maximum absolute atomic E-state index is 13.4. The van der Waals surface area contributed by atoms with Crippen LogP contribution in [-0.4, -0.2) is 29.6 Å². The number of rotatable bonds is 3. The Morgan fingerprint density at radius 2 is 2.00 bits per heavy atom. The molecule has 26 heavy (non-hydrogen) atoms. The molecule has 10 heteroatoms. The normalized spacial score (nSPS) is 18.0. The molecule has 0 aliphatic carbocycles. The quantitative estimate of drug-likeness (QED) is 0.619. The zero-order valence-corrected chi connectivity index (χ0v) is 14.2. The molecule has 0 bridgehead atoms. The second-order valence-corrected chi connectivity index (χ2v) is 6.55. The SMILES string of the molecule is CC[C@@H]1COc2c(ccc3[nH]c(=O)cc(C(F)(F)F)c23)N1CC(F)(F)Cl. The molecule has 2 heterocycles. The van der Waals surface area contributed by atoms with Crippen molar-refractivity contribution in [3.05, 3.63) is 34.1 Å². The number of alkyl halides is 6. The lowest BCUT2D eigenvalue weighted by Crippen LogP contribution is -2.47. The van der Waals surface area contributed by atoms with E-state index in [1.165, 1.54) is 17.0 Å². The zero-order chi connectivity index (χ0) is 19.3. The number of hydrogen-bond donors (Lipinski definition) is 1. The maximum Gasteiger partial charge on any atom is 0.417 e.